The zero-order chi connectivity index (χ0) is 20.3. The summed E-state index contributed by atoms with van der Waals surface area (Å²) in [6, 6.07) is 11.1. The van der Waals surface area contributed by atoms with Crippen LogP contribution in [0.3, 0.4) is 0 Å². The van der Waals surface area contributed by atoms with Gasteiger partial charge in [0.15, 0.2) is 21.3 Å². The molecule has 0 radical (unpaired) electrons. The molecular formula is C21H21NO5S. The second-order valence-electron chi connectivity index (χ2n) is 6.15. The van der Waals surface area contributed by atoms with Crippen LogP contribution < -0.4 is 14.2 Å². The van der Waals surface area contributed by atoms with Crippen molar-refractivity contribution in [2.24, 2.45) is 0 Å². The van der Waals surface area contributed by atoms with Crippen molar-refractivity contribution in [3.05, 3.63) is 53.6 Å². The van der Waals surface area contributed by atoms with Crippen LogP contribution in [0.2, 0.25) is 0 Å². The number of hydrogen-bond donors (Lipinski definition) is 0. The Hall–Kier alpha value is -3.06. The molecule has 0 amide bonds. The van der Waals surface area contributed by atoms with Gasteiger partial charge in [-0.05, 0) is 35.7 Å². The highest BCUT2D eigenvalue weighted by Gasteiger charge is 2.16. The van der Waals surface area contributed by atoms with Crippen LogP contribution in [0.1, 0.15) is 5.56 Å². The van der Waals surface area contributed by atoms with E-state index in [0.29, 0.717) is 28.5 Å². The minimum Gasteiger partial charge on any atom is -0.496 e. The molecule has 0 aliphatic carbocycles. The molecule has 0 saturated heterocycles. The van der Waals surface area contributed by atoms with Gasteiger partial charge in [-0.25, -0.2) is 8.42 Å². The lowest BCUT2D eigenvalue weighted by atomic mass is 9.99. The maximum absolute atomic E-state index is 11.8. The van der Waals surface area contributed by atoms with E-state index in [2.05, 4.69) is 4.98 Å². The number of aromatic nitrogens is 1. The number of pyridine rings is 1. The fraction of sp³-hybridized carbons (Fsp3) is 0.190. The molecule has 3 aromatic rings. The molecule has 0 aliphatic heterocycles. The van der Waals surface area contributed by atoms with Crippen LogP contribution >= 0.6 is 0 Å². The zero-order valence-corrected chi connectivity index (χ0v) is 16.9. The molecule has 2 aromatic carbocycles. The first kappa shape index (κ1) is 19.7. The molecule has 7 heteroatoms. The third-order valence-corrected chi connectivity index (χ3v) is 4.91. The van der Waals surface area contributed by atoms with Crippen molar-refractivity contribution in [1.82, 2.24) is 4.98 Å². The molecule has 1 aromatic heterocycles. The second-order valence-corrected chi connectivity index (χ2v) is 8.08. The highest BCUT2D eigenvalue weighted by Crippen LogP contribution is 2.39. The number of nitrogens with zero attached hydrogens (tertiary/aromatic N) is 1. The predicted octanol–water partition coefficient (Wildman–Crippen LogP) is 3.94. The van der Waals surface area contributed by atoms with Crippen molar-refractivity contribution in [3.63, 3.8) is 0 Å². The average molecular weight is 399 g/mol. The number of methoxy groups -OCH3 is 3. The lowest BCUT2D eigenvalue weighted by molar-refractivity contribution is 0.356. The maximum atomic E-state index is 11.8. The van der Waals surface area contributed by atoms with E-state index < -0.39 is 9.84 Å². The van der Waals surface area contributed by atoms with Crippen molar-refractivity contribution in [2.75, 3.05) is 27.6 Å². The Labute approximate surface area is 164 Å². The minimum atomic E-state index is -3.33. The van der Waals surface area contributed by atoms with Gasteiger partial charge in [-0.15, -0.1) is 0 Å². The van der Waals surface area contributed by atoms with Gasteiger partial charge in [0.25, 0.3) is 0 Å². The van der Waals surface area contributed by atoms with Crippen LogP contribution in [-0.4, -0.2) is 41.0 Å². The summed E-state index contributed by atoms with van der Waals surface area (Å²) in [7, 11) is 1.37. The Morgan fingerprint density at radius 1 is 0.929 bits per heavy atom. The molecule has 0 aliphatic rings. The minimum absolute atomic E-state index is 0.543. The summed E-state index contributed by atoms with van der Waals surface area (Å²) in [4.78, 5) is 4.59. The van der Waals surface area contributed by atoms with E-state index in [1.165, 1.54) is 5.41 Å². The lowest BCUT2D eigenvalue weighted by Gasteiger charge is -2.15. The number of benzene rings is 2. The highest BCUT2D eigenvalue weighted by molar-refractivity contribution is 7.93. The van der Waals surface area contributed by atoms with E-state index in [9.17, 15) is 8.42 Å². The van der Waals surface area contributed by atoms with E-state index in [-0.39, 0.29) is 0 Å². The van der Waals surface area contributed by atoms with Gasteiger partial charge in [-0.2, -0.15) is 0 Å². The summed E-state index contributed by atoms with van der Waals surface area (Å²) in [5, 5.41) is 2.75. The Morgan fingerprint density at radius 3 is 2.21 bits per heavy atom. The summed E-state index contributed by atoms with van der Waals surface area (Å²) in [5.41, 5.74) is 2.01. The van der Waals surface area contributed by atoms with Crippen LogP contribution in [0.25, 0.3) is 28.1 Å². The maximum Gasteiger partial charge on any atom is 0.168 e. The summed E-state index contributed by atoms with van der Waals surface area (Å²) < 4.78 is 39.8. The van der Waals surface area contributed by atoms with Crippen molar-refractivity contribution in [1.29, 1.82) is 0 Å². The molecule has 3 rings (SSSR count). The van der Waals surface area contributed by atoms with Gasteiger partial charge >= 0.3 is 0 Å². The molecule has 1 heterocycles. The number of para-hydroxylation sites is 1. The summed E-state index contributed by atoms with van der Waals surface area (Å²) in [5.74, 6) is 1.75. The van der Waals surface area contributed by atoms with Crippen molar-refractivity contribution in [3.8, 4) is 28.5 Å². The first-order chi connectivity index (χ1) is 13.4. The zero-order valence-electron chi connectivity index (χ0n) is 16.1. The largest absolute Gasteiger partial charge is 0.496 e. The van der Waals surface area contributed by atoms with E-state index in [0.717, 1.165) is 22.6 Å². The molecule has 0 spiro atoms. The number of rotatable bonds is 6. The van der Waals surface area contributed by atoms with Gasteiger partial charge in [-0.3, -0.25) is 4.98 Å². The van der Waals surface area contributed by atoms with Crippen molar-refractivity contribution < 1.29 is 22.6 Å². The van der Waals surface area contributed by atoms with Gasteiger partial charge in [0.05, 0.1) is 27.0 Å². The van der Waals surface area contributed by atoms with Gasteiger partial charge in [-0.1, -0.05) is 12.1 Å². The molecule has 28 heavy (non-hydrogen) atoms. The lowest BCUT2D eigenvalue weighted by Crippen LogP contribution is -1.97. The normalized spacial score (nSPS) is 11.7. The van der Waals surface area contributed by atoms with Crippen molar-refractivity contribution >= 4 is 26.7 Å². The number of hydrogen-bond acceptors (Lipinski definition) is 6. The summed E-state index contributed by atoms with van der Waals surface area (Å²) in [6.07, 6.45) is 4.42. The fourth-order valence-electron chi connectivity index (χ4n) is 2.98. The SMILES string of the molecule is COc1cc2cnc(-c3ccccc3OC)c(/C=C/S(C)(=O)=O)c2cc1OC. The number of ether oxygens (including phenoxy) is 3. The van der Waals surface area contributed by atoms with E-state index in [1.807, 2.05) is 36.4 Å². The molecule has 146 valence electrons. The van der Waals surface area contributed by atoms with Crippen LogP contribution in [0.5, 0.6) is 17.2 Å². The monoisotopic (exact) mass is 399 g/mol. The average Bonchev–Trinajstić information content (AvgIpc) is 2.70. The van der Waals surface area contributed by atoms with Gasteiger partial charge < -0.3 is 14.2 Å². The first-order valence-corrected chi connectivity index (χ1v) is 10.4. The summed E-state index contributed by atoms with van der Waals surface area (Å²) in [6.45, 7) is 0. The van der Waals surface area contributed by atoms with Gasteiger partial charge in [0.1, 0.15) is 5.75 Å². The van der Waals surface area contributed by atoms with Crippen LogP contribution in [0.4, 0.5) is 0 Å². The fourth-order valence-corrected chi connectivity index (χ4v) is 3.36. The molecule has 0 atom stereocenters. The second kappa shape index (κ2) is 7.90. The topological polar surface area (TPSA) is 74.7 Å². The number of sulfone groups is 1. The smallest absolute Gasteiger partial charge is 0.168 e. The molecule has 0 N–H and O–H groups in total. The quantitative estimate of drug-likeness (QED) is 0.625. The van der Waals surface area contributed by atoms with Crippen molar-refractivity contribution in [2.45, 2.75) is 0 Å². The third-order valence-electron chi connectivity index (χ3n) is 4.28. The Kier molecular flexibility index (Phi) is 5.56. The predicted molar refractivity (Wildman–Crippen MR) is 111 cm³/mol. The highest BCUT2D eigenvalue weighted by atomic mass is 32.2. The van der Waals surface area contributed by atoms with E-state index >= 15 is 0 Å². The molecule has 0 saturated carbocycles. The first-order valence-electron chi connectivity index (χ1n) is 8.44. The van der Waals surface area contributed by atoms with Gasteiger partial charge in [0.2, 0.25) is 0 Å². The van der Waals surface area contributed by atoms with Crippen LogP contribution in [0.15, 0.2) is 48.0 Å². The standard InChI is InChI=1S/C21H21NO5S/c1-25-18-8-6-5-7-16(18)21-15(9-10-28(4,23)24)17-12-20(27-3)19(26-2)11-14(17)13-22-21/h5-13H,1-4H3/b10-9+. The van der Waals surface area contributed by atoms with E-state index in [1.54, 1.807) is 33.6 Å². The molecular weight excluding hydrogens is 378 g/mol. The molecule has 6 nitrogen and oxygen atoms in total. The Morgan fingerprint density at radius 2 is 1.57 bits per heavy atom. The Balaban J connectivity index is 2.39. The van der Waals surface area contributed by atoms with Gasteiger partial charge in [0, 0.05) is 34.4 Å². The number of fused-ring (bicyclic) bond motifs is 1. The van der Waals surface area contributed by atoms with Crippen LogP contribution in [-0.2, 0) is 9.84 Å². The molecule has 0 bridgehead atoms. The summed E-state index contributed by atoms with van der Waals surface area (Å²) >= 11 is 0. The van der Waals surface area contributed by atoms with E-state index in [4.69, 9.17) is 14.2 Å². The Bertz CT molecular complexity index is 1150. The third kappa shape index (κ3) is 3.94. The molecule has 0 unspecified atom stereocenters. The molecule has 0 fully saturated rings. The van der Waals surface area contributed by atoms with Crippen LogP contribution in [0, 0.1) is 0 Å².